The second-order valence-corrected chi connectivity index (χ2v) is 9.76. The summed E-state index contributed by atoms with van der Waals surface area (Å²) in [4.78, 5) is 43.6. The van der Waals surface area contributed by atoms with E-state index in [0.717, 1.165) is 32.4 Å². The van der Waals surface area contributed by atoms with E-state index in [9.17, 15) is 14.4 Å². The molecular weight excluding hydrogens is 474 g/mol. The minimum absolute atomic E-state index is 0.0258. The van der Waals surface area contributed by atoms with E-state index in [1.54, 1.807) is 49.6 Å². The highest BCUT2D eigenvalue weighted by atomic mass is 16.7. The van der Waals surface area contributed by atoms with Crippen molar-refractivity contribution in [3.63, 3.8) is 0 Å². The van der Waals surface area contributed by atoms with Crippen molar-refractivity contribution in [2.75, 3.05) is 40.1 Å². The van der Waals surface area contributed by atoms with E-state index in [1.165, 1.54) is 0 Å². The van der Waals surface area contributed by atoms with Gasteiger partial charge in [-0.1, -0.05) is 0 Å². The van der Waals surface area contributed by atoms with E-state index in [1.807, 2.05) is 9.80 Å². The maximum atomic E-state index is 13.6. The molecule has 0 aliphatic carbocycles. The summed E-state index contributed by atoms with van der Waals surface area (Å²) in [5.41, 5.74) is 1.03. The molecule has 0 bridgehead atoms. The topological polar surface area (TPSA) is 97.4 Å². The number of ether oxygens (including phenoxy) is 3. The van der Waals surface area contributed by atoms with Gasteiger partial charge in [0.05, 0.1) is 7.11 Å². The fraction of sp³-hybridized carbons (Fsp3) is 0.464. The van der Waals surface area contributed by atoms with Crippen LogP contribution >= 0.6 is 0 Å². The van der Waals surface area contributed by atoms with Gasteiger partial charge in [0, 0.05) is 37.3 Å². The van der Waals surface area contributed by atoms with Crippen molar-refractivity contribution < 1.29 is 28.6 Å². The van der Waals surface area contributed by atoms with Crippen molar-refractivity contribution in [2.45, 2.75) is 38.1 Å². The third-order valence-electron chi connectivity index (χ3n) is 7.49. The van der Waals surface area contributed by atoms with Gasteiger partial charge in [-0.25, -0.2) is 0 Å². The van der Waals surface area contributed by atoms with Crippen LogP contribution in [-0.4, -0.2) is 73.6 Å². The Kier molecular flexibility index (Phi) is 7.48. The fourth-order valence-corrected chi connectivity index (χ4v) is 5.31. The quantitative estimate of drug-likeness (QED) is 0.646. The van der Waals surface area contributed by atoms with Gasteiger partial charge in [-0.3, -0.25) is 14.4 Å². The van der Waals surface area contributed by atoms with Crippen LogP contribution in [-0.2, 0) is 4.79 Å². The van der Waals surface area contributed by atoms with Crippen molar-refractivity contribution in [2.24, 2.45) is 5.92 Å². The second kappa shape index (κ2) is 11.1. The number of hydrogen-bond acceptors (Lipinski definition) is 6. The molecule has 1 N–H and O–H groups in total. The standard InChI is InChI=1S/C28H33N3O6/c1-35-22-8-5-20(6-9-22)26(32)29-25(28(34)30-13-3-2-4-14-30)19-11-15-31(16-12-19)27(33)21-7-10-23-24(17-21)37-18-36-23/h5-10,17,19,25H,2-4,11-16,18H2,1H3,(H,29,32). The highest BCUT2D eigenvalue weighted by Gasteiger charge is 2.37. The zero-order chi connectivity index (χ0) is 25.8. The lowest BCUT2D eigenvalue weighted by molar-refractivity contribution is -0.136. The summed E-state index contributed by atoms with van der Waals surface area (Å²) < 4.78 is 15.9. The molecule has 1 atom stereocenters. The molecule has 9 nitrogen and oxygen atoms in total. The van der Waals surface area contributed by atoms with Gasteiger partial charge in [0.1, 0.15) is 11.8 Å². The number of carbonyl (C=O) groups excluding carboxylic acids is 3. The lowest BCUT2D eigenvalue weighted by Gasteiger charge is -2.38. The first kappa shape index (κ1) is 24.9. The first-order valence-corrected chi connectivity index (χ1v) is 13.0. The first-order chi connectivity index (χ1) is 18.0. The normalized spacial score (nSPS) is 18.3. The van der Waals surface area contributed by atoms with Gasteiger partial charge in [0.15, 0.2) is 11.5 Å². The monoisotopic (exact) mass is 507 g/mol. The Morgan fingerprint density at radius 2 is 1.54 bits per heavy atom. The molecule has 1 unspecified atom stereocenters. The van der Waals surface area contributed by atoms with Gasteiger partial charge in [-0.05, 0) is 80.5 Å². The zero-order valence-corrected chi connectivity index (χ0v) is 21.1. The van der Waals surface area contributed by atoms with Gasteiger partial charge in [0.2, 0.25) is 12.7 Å². The average Bonchev–Trinajstić information content (AvgIpc) is 3.44. The third kappa shape index (κ3) is 5.50. The Balaban J connectivity index is 1.27. The van der Waals surface area contributed by atoms with Crippen molar-refractivity contribution >= 4 is 17.7 Å². The van der Waals surface area contributed by atoms with Crippen LogP contribution in [0.1, 0.15) is 52.8 Å². The number of benzene rings is 2. The number of likely N-dealkylation sites (tertiary alicyclic amines) is 2. The summed E-state index contributed by atoms with van der Waals surface area (Å²) in [7, 11) is 1.58. The van der Waals surface area contributed by atoms with Crippen molar-refractivity contribution in [1.82, 2.24) is 15.1 Å². The molecular formula is C28H33N3O6. The molecule has 0 radical (unpaired) electrons. The minimum Gasteiger partial charge on any atom is -0.497 e. The fourth-order valence-electron chi connectivity index (χ4n) is 5.31. The van der Waals surface area contributed by atoms with Crippen LogP contribution in [0.2, 0.25) is 0 Å². The predicted octanol–water partition coefficient (Wildman–Crippen LogP) is 3.09. The number of piperidine rings is 2. The van der Waals surface area contributed by atoms with E-state index in [0.29, 0.717) is 54.3 Å². The molecule has 3 heterocycles. The molecule has 196 valence electrons. The van der Waals surface area contributed by atoms with Crippen LogP contribution < -0.4 is 19.5 Å². The number of hydrogen-bond donors (Lipinski definition) is 1. The molecule has 3 amide bonds. The van der Waals surface area contributed by atoms with Crippen LogP contribution in [0.15, 0.2) is 42.5 Å². The van der Waals surface area contributed by atoms with E-state index in [2.05, 4.69) is 5.32 Å². The Hall–Kier alpha value is -3.75. The summed E-state index contributed by atoms with van der Waals surface area (Å²) in [6.45, 7) is 2.62. The summed E-state index contributed by atoms with van der Waals surface area (Å²) in [6.07, 6.45) is 4.33. The first-order valence-electron chi connectivity index (χ1n) is 13.0. The minimum atomic E-state index is -0.629. The van der Waals surface area contributed by atoms with Gasteiger partial charge in [0.25, 0.3) is 11.8 Å². The molecule has 5 rings (SSSR count). The third-order valence-corrected chi connectivity index (χ3v) is 7.49. The Labute approximate surface area is 216 Å². The lowest BCUT2D eigenvalue weighted by Crippen LogP contribution is -2.55. The van der Waals surface area contributed by atoms with Crippen molar-refractivity contribution in [1.29, 1.82) is 0 Å². The summed E-state index contributed by atoms with van der Waals surface area (Å²) in [5, 5.41) is 3.04. The van der Waals surface area contributed by atoms with E-state index >= 15 is 0 Å². The Morgan fingerprint density at radius 1 is 0.865 bits per heavy atom. The van der Waals surface area contributed by atoms with E-state index < -0.39 is 6.04 Å². The van der Waals surface area contributed by atoms with Gasteiger partial charge < -0.3 is 29.3 Å². The van der Waals surface area contributed by atoms with E-state index in [4.69, 9.17) is 14.2 Å². The summed E-state index contributed by atoms with van der Waals surface area (Å²) in [5.74, 6) is 1.45. The van der Waals surface area contributed by atoms with Gasteiger partial charge in [-0.15, -0.1) is 0 Å². The molecule has 2 aromatic carbocycles. The van der Waals surface area contributed by atoms with Crippen molar-refractivity contribution in [3.05, 3.63) is 53.6 Å². The number of nitrogens with one attached hydrogen (secondary N) is 1. The van der Waals surface area contributed by atoms with Crippen molar-refractivity contribution in [3.8, 4) is 17.2 Å². The maximum absolute atomic E-state index is 13.6. The van der Waals surface area contributed by atoms with E-state index in [-0.39, 0.29) is 30.4 Å². The molecule has 37 heavy (non-hydrogen) atoms. The summed E-state index contributed by atoms with van der Waals surface area (Å²) in [6, 6.07) is 11.5. The maximum Gasteiger partial charge on any atom is 0.253 e. The molecule has 0 saturated carbocycles. The molecule has 2 aromatic rings. The number of methoxy groups -OCH3 is 1. The molecule has 3 aliphatic heterocycles. The molecule has 2 saturated heterocycles. The highest BCUT2D eigenvalue weighted by Crippen LogP contribution is 2.33. The number of amides is 3. The van der Waals surface area contributed by atoms with Gasteiger partial charge in [-0.2, -0.15) is 0 Å². The van der Waals surface area contributed by atoms with Crippen LogP contribution in [0.5, 0.6) is 17.2 Å². The van der Waals surface area contributed by atoms with Crippen LogP contribution in [0.25, 0.3) is 0 Å². The predicted molar refractivity (Wildman–Crippen MR) is 136 cm³/mol. The molecule has 2 fully saturated rings. The number of fused-ring (bicyclic) bond motifs is 1. The Morgan fingerprint density at radius 3 is 2.24 bits per heavy atom. The lowest BCUT2D eigenvalue weighted by atomic mass is 9.87. The molecule has 0 aromatic heterocycles. The molecule has 0 spiro atoms. The van der Waals surface area contributed by atoms with Crippen LogP contribution in [0.3, 0.4) is 0 Å². The zero-order valence-electron chi connectivity index (χ0n) is 21.1. The SMILES string of the molecule is COc1ccc(C(=O)NC(C(=O)N2CCCCC2)C2CCN(C(=O)c3ccc4c(c3)OCO4)CC2)cc1. The largest absolute Gasteiger partial charge is 0.497 e. The highest BCUT2D eigenvalue weighted by molar-refractivity contribution is 5.98. The van der Waals surface area contributed by atoms with Crippen LogP contribution in [0, 0.1) is 5.92 Å². The number of rotatable bonds is 6. The molecule has 9 heteroatoms. The Bertz CT molecular complexity index is 1140. The second-order valence-electron chi connectivity index (χ2n) is 9.76. The smallest absolute Gasteiger partial charge is 0.253 e. The molecule has 3 aliphatic rings. The van der Waals surface area contributed by atoms with Crippen LogP contribution in [0.4, 0.5) is 0 Å². The number of nitrogens with zero attached hydrogens (tertiary/aromatic N) is 2. The average molecular weight is 508 g/mol. The summed E-state index contributed by atoms with van der Waals surface area (Å²) >= 11 is 0. The van der Waals surface area contributed by atoms with Gasteiger partial charge >= 0.3 is 0 Å². The number of carbonyl (C=O) groups is 3.